The molecular weight excluding hydrogens is 354 g/mol. The maximum Gasteiger partial charge on any atom is 0.273 e. The van der Waals surface area contributed by atoms with Gasteiger partial charge in [-0.1, -0.05) is 42.5 Å². The molecule has 0 bridgehead atoms. The highest BCUT2D eigenvalue weighted by atomic mass is 16.5. The summed E-state index contributed by atoms with van der Waals surface area (Å²) in [7, 11) is 1.57. The number of nitrogen functional groups attached to an aromatic ring is 1. The minimum absolute atomic E-state index is 0.371. The van der Waals surface area contributed by atoms with Gasteiger partial charge in [0.2, 0.25) is 0 Å². The zero-order chi connectivity index (χ0) is 19.8. The molecule has 0 aliphatic rings. The van der Waals surface area contributed by atoms with Gasteiger partial charge in [-0.2, -0.15) is 5.10 Å². The Labute approximate surface area is 163 Å². The molecule has 6 heteroatoms. The van der Waals surface area contributed by atoms with E-state index in [2.05, 4.69) is 10.5 Å². The molecule has 1 amide bonds. The van der Waals surface area contributed by atoms with Crippen molar-refractivity contribution in [2.45, 2.75) is 6.61 Å². The van der Waals surface area contributed by atoms with Gasteiger partial charge in [0.15, 0.2) is 11.5 Å². The van der Waals surface area contributed by atoms with Gasteiger partial charge in [-0.15, -0.1) is 0 Å². The largest absolute Gasteiger partial charge is 0.493 e. The molecular formula is C22H21N3O3. The van der Waals surface area contributed by atoms with Crippen molar-refractivity contribution in [3.63, 3.8) is 0 Å². The molecule has 3 rings (SSSR count). The van der Waals surface area contributed by atoms with Crippen molar-refractivity contribution in [1.29, 1.82) is 0 Å². The molecule has 28 heavy (non-hydrogen) atoms. The molecule has 6 nitrogen and oxygen atoms in total. The molecule has 3 N–H and O–H groups in total. The van der Waals surface area contributed by atoms with Gasteiger partial charge in [-0.25, -0.2) is 5.43 Å². The Bertz CT molecular complexity index is 972. The summed E-state index contributed by atoms with van der Waals surface area (Å²) in [4.78, 5) is 12.1. The number of para-hydroxylation sites is 1. The molecule has 0 unspecified atom stereocenters. The first kappa shape index (κ1) is 19.0. The van der Waals surface area contributed by atoms with Gasteiger partial charge in [0.25, 0.3) is 5.91 Å². The van der Waals surface area contributed by atoms with Gasteiger partial charge in [-0.3, -0.25) is 4.79 Å². The summed E-state index contributed by atoms with van der Waals surface area (Å²) in [5.41, 5.74) is 10.9. The van der Waals surface area contributed by atoms with Gasteiger partial charge in [0.1, 0.15) is 6.61 Å². The average Bonchev–Trinajstić information content (AvgIpc) is 2.73. The van der Waals surface area contributed by atoms with Crippen LogP contribution in [0.25, 0.3) is 0 Å². The Balaban J connectivity index is 1.63. The number of rotatable bonds is 7. The number of carbonyl (C=O) groups excluding carboxylic acids is 1. The smallest absolute Gasteiger partial charge is 0.273 e. The van der Waals surface area contributed by atoms with Crippen molar-refractivity contribution in [1.82, 2.24) is 5.43 Å². The lowest BCUT2D eigenvalue weighted by molar-refractivity contribution is 0.0956. The molecule has 0 heterocycles. The van der Waals surface area contributed by atoms with Gasteiger partial charge in [0, 0.05) is 5.69 Å². The van der Waals surface area contributed by atoms with E-state index in [0.29, 0.717) is 29.4 Å². The SMILES string of the molecule is COc1cc(C=NNC(=O)c2ccccc2N)ccc1OCc1ccccc1. The van der Waals surface area contributed by atoms with Crippen molar-refractivity contribution in [2.24, 2.45) is 5.10 Å². The number of hydrogen-bond acceptors (Lipinski definition) is 5. The van der Waals surface area contributed by atoms with E-state index in [0.717, 1.165) is 11.1 Å². The predicted molar refractivity (Wildman–Crippen MR) is 110 cm³/mol. The van der Waals surface area contributed by atoms with Crippen LogP contribution in [0.2, 0.25) is 0 Å². The topological polar surface area (TPSA) is 85.9 Å². The summed E-state index contributed by atoms with van der Waals surface area (Å²) in [5.74, 6) is 0.840. The maximum absolute atomic E-state index is 12.1. The lowest BCUT2D eigenvalue weighted by atomic mass is 10.2. The Hall–Kier alpha value is -3.80. The molecule has 0 saturated heterocycles. The van der Waals surface area contributed by atoms with Crippen LogP contribution in [-0.2, 0) is 6.61 Å². The lowest BCUT2D eigenvalue weighted by Gasteiger charge is -2.11. The molecule has 3 aromatic rings. The third kappa shape index (κ3) is 4.88. The number of amides is 1. The number of methoxy groups -OCH3 is 1. The normalized spacial score (nSPS) is 10.6. The minimum atomic E-state index is -0.371. The summed E-state index contributed by atoms with van der Waals surface area (Å²) in [5, 5.41) is 3.98. The summed E-state index contributed by atoms with van der Waals surface area (Å²) >= 11 is 0. The highest BCUT2D eigenvalue weighted by Gasteiger charge is 2.08. The Morgan fingerprint density at radius 2 is 1.79 bits per heavy atom. The van der Waals surface area contributed by atoms with Gasteiger partial charge in [-0.05, 0) is 41.5 Å². The van der Waals surface area contributed by atoms with Crippen LogP contribution in [0.5, 0.6) is 11.5 Å². The van der Waals surface area contributed by atoms with Crippen molar-refractivity contribution in [3.8, 4) is 11.5 Å². The Morgan fingerprint density at radius 1 is 1.04 bits per heavy atom. The fourth-order valence-corrected chi connectivity index (χ4v) is 2.55. The van der Waals surface area contributed by atoms with Crippen LogP contribution in [0, 0.1) is 0 Å². The van der Waals surface area contributed by atoms with Crippen molar-refractivity contribution >= 4 is 17.8 Å². The van der Waals surface area contributed by atoms with Crippen LogP contribution in [-0.4, -0.2) is 19.2 Å². The van der Waals surface area contributed by atoms with Gasteiger partial charge in [0.05, 0.1) is 18.9 Å². The van der Waals surface area contributed by atoms with Crippen LogP contribution < -0.4 is 20.6 Å². The number of nitrogens with one attached hydrogen (secondary N) is 1. The minimum Gasteiger partial charge on any atom is -0.493 e. The maximum atomic E-state index is 12.1. The molecule has 0 aromatic heterocycles. The lowest BCUT2D eigenvalue weighted by Crippen LogP contribution is -2.19. The summed E-state index contributed by atoms with van der Waals surface area (Å²) in [6.45, 7) is 0.444. The number of benzene rings is 3. The summed E-state index contributed by atoms with van der Waals surface area (Å²) in [6.07, 6.45) is 1.53. The first-order valence-electron chi connectivity index (χ1n) is 8.70. The number of carbonyl (C=O) groups is 1. The molecule has 0 atom stereocenters. The number of nitrogens with two attached hydrogens (primary N) is 1. The van der Waals surface area contributed by atoms with Crippen LogP contribution in [0.4, 0.5) is 5.69 Å². The van der Waals surface area contributed by atoms with Crippen LogP contribution >= 0.6 is 0 Å². The van der Waals surface area contributed by atoms with Crippen LogP contribution in [0.1, 0.15) is 21.5 Å². The molecule has 0 aliphatic heterocycles. The van der Waals surface area contributed by atoms with Crippen LogP contribution in [0.15, 0.2) is 77.9 Å². The molecule has 3 aromatic carbocycles. The first-order chi connectivity index (χ1) is 13.7. The van der Waals surface area contributed by atoms with Gasteiger partial charge < -0.3 is 15.2 Å². The van der Waals surface area contributed by atoms with E-state index in [1.54, 1.807) is 43.5 Å². The molecule has 0 saturated carbocycles. The fourth-order valence-electron chi connectivity index (χ4n) is 2.55. The van der Waals surface area contributed by atoms with Crippen molar-refractivity contribution in [2.75, 3.05) is 12.8 Å². The fraction of sp³-hybridized carbons (Fsp3) is 0.0909. The number of hydrazone groups is 1. The predicted octanol–water partition coefficient (Wildman–Crippen LogP) is 3.62. The van der Waals surface area contributed by atoms with E-state index in [1.807, 2.05) is 36.4 Å². The Morgan fingerprint density at radius 3 is 2.54 bits per heavy atom. The highest BCUT2D eigenvalue weighted by molar-refractivity contribution is 5.99. The van der Waals surface area contributed by atoms with E-state index in [9.17, 15) is 4.79 Å². The van der Waals surface area contributed by atoms with Crippen molar-refractivity contribution < 1.29 is 14.3 Å². The van der Waals surface area contributed by atoms with E-state index < -0.39 is 0 Å². The van der Waals surface area contributed by atoms with Gasteiger partial charge >= 0.3 is 0 Å². The standard InChI is InChI=1S/C22H21N3O3/c1-27-21-13-17(11-12-20(21)28-15-16-7-3-2-4-8-16)14-24-25-22(26)18-9-5-6-10-19(18)23/h2-14H,15,23H2,1H3,(H,25,26). The summed E-state index contributed by atoms with van der Waals surface area (Å²) in [6, 6.07) is 22.1. The Kier molecular flexibility index (Phi) is 6.25. The van der Waals surface area contributed by atoms with Crippen LogP contribution in [0.3, 0.4) is 0 Å². The summed E-state index contributed by atoms with van der Waals surface area (Å²) < 4.78 is 11.2. The van der Waals surface area contributed by atoms with E-state index in [4.69, 9.17) is 15.2 Å². The third-order valence-corrected chi connectivity index (χ3v) is 4.01. The highest BCUT2D eigenvalue weighted by Crippen LogP contribution is 2.28. The number of ether oxygens (including phenoxy) is 2. The molecule has 0 fully saturated rings. The zero-order valence-electron chi connectivity index (χ0n) is 15.5. The molecule has 0 aliphatic carbocycles. The first-order valence-corrected chi connectivity index (χ1v) is 8.70. The van der Waals surface area contributed by atoms with E-state index >= 15 is 0 Å². The second-order valence-electron chi connectivity index (χ2n) is 5.97. The molecule has 142 valence electrons. The second-order valence-corrected chi connectivity index (χ2v) is 5.97. The van der Waals surface area contributed by atoms with E-state index in [-0.39, 0.29) is 5.91 Å². The van der Waals surface area contributed by atoms with Crippen molar-refractivity contribution in [3.05, 3.63) is 89.5 Å². The van der Waals surface area contributed by atoms with E-state index in [1.165, 1.54) is 6.21 Å². The number of hydrogen-bond donors (Lipinski definition) is 2. The number of nitrogens with zero attached hydrogens (tertiary/aromatic N) is 1. The average molecular weight is 375 g/mol. The quantitative estimate of drug-likeness (QED) is 0.375. The zero-order valence-corrected chi connectivity index (χ0v) is 15.5. The number of anilines is 1. The second kappa shape index (κ2) is 9.23. The molecule has 0 radical (unpaired) electrons. The molecule has 0 spiro atoms. The third-order valence-electron chi connectivity index (χ3n) is 4.01. The monoisotopic (exact) mass is 375 g/mol.